The summed E-state index contributed by atoms with van der Waals surface area (Å²) in [7, 11) is 0. The van der Waals surface area contributed by atoms with E-state index in [4.69, 9.17) is 18.9 Å². The Hall–Kier alpha value is -2.05. The zero-order valence-electron chi connectivity index (χ0n) is 49.9. The van der Waals surface area contributed by atoms with Gasteiger partial charge in [-0.15, -0.1) is 0 Å². The Morgan fingerprint density at radius 2 is 0.810 bits per heavy atom. The van der Waals surface area contributed by atoms with Crippen molar-refractivity contribution in [1.82, 2.24) is 5.32 Å². The van der Waals surface area contributed by atoms with Gasteiger partial charge in [-0.3, -0.25) is 4.79 Å². The second-order valence-corrected chi connectivity index (χ2v) is 22.9. The SMILES string of the molecule is CCCCCCCC/C=C/CC/C=C/CC/C=C/C(O)C(COC1OC(CO)C(OC2OC(CO)C(O)C(O)C2O)C(O)C1O)NC(=O)CCCCCCCCCCCCCCCCCCC/C=C\CCCCCCCCCC. The third kappa shape index (κ3) is 35.6. The van der Waals surface area contributed by atoms with Crippen molar-refractivity contribution >= 4 is 5.91 Å². The van der Waals surface area contributed by atoms with Crippen LogP contribution in [0.15, 0.2) is 48.6 Å². The smallest absolute Gasteiger partial charge is 0.220 e. The molecule has 2 fully saturated rings. The first-order valence-corrected chi connectivity index (χ1v) is 32.4. The van der Waals surface area contributed by atoms with E-state index in [2.05, 4.69) is 55.6 Å². The van der Waals surface area contributed by atoms with Crippen LogP contribution in [0, 0.1) is 0 Å². The van der Waals surface area contributed by atoms with Crippen molar-refractivity contribution in [3.05, 3.63) is 48.6 Å². The van der Waals surface area contributed by atoms with Crippen LogP contribution < -0.4 is 5.32 Å². The summed E-state index contributed by atoms with van der Waals surface area (Å²) in [4.78, 5) is 13.3. The summed E-state index contributed by atoms with van der Waals surface area (Å²) < 4.78 is 22.8. The minimum absolute atomic E-state index is 0.251. The summed E-state index contributed by atoms with van der Waals surface area (Å²) in [5.74, 6) is -0.251. The molecule has 79 heavy (non-hydrogen) atoms. The van der Waals surface area contributed by atoms with Crippen molar-refractivity contribution in [2.24, 2.45) is 0 Å². The van der Waals surface area contributed by atoms with Crippen LogP contribution >= 0.6 is 0 Å². The van der Waals surface area contributed by atoms with Gasteiger partial charge in [0.05, 0.1) is 32.0 Å². The molecule has 2 aliphatic heterocycles. The van der Waals surface area contributed by atoms with E-state index in [1.54, 1.807) is 6.08 Å². The third-order valence-corrected chi connectivity index (χ3v) is 15.7. The molecule has 0 radical (unpaired) electrons. The number of rotatable bonds is 52. The van der Waals surface area contributed by atoms with Gasteiger partial charge in [-0.25, -0.2) is 0 Å². The third-order valence-electron chi connectivity index (χ3n) is 15.7. The van der Waals surface area contributed by atoms with Crippen LogP contribution in [0.2, 0.25) is 0 Å². The van der Waals surface area contributed by atoms with Gasteiger partial charge in [-0.05, 0) is 70.6 Å². The summed E-state index contributed by atoms with van der Waals surface area (Å²) in [5, 5.41) is 87.1. The Kier molecular flexibility index (Phi) is 46.7. The fourth-order valence-corrected chi connectivity index (χ4v) is 10.5. The summed E-state index contributed by atoms with van der Waals surface area (Å²) in [6.07, 6.45) is 47.4. The zero-order valence-corrected chi connectivity index (χ0v) is 49.9. The van der Waals surface area contributed by atoms with Crippen molar-refractivity contribution in [3.63, 3.8) is 0 Å². The molecule has 0 aromatic rings. The van der Waals surface area contributed by atoms with E-state index in [9.17, 15) is 45.6 Å². The highest BCUT2D eigenvalue weighted by Crippen LogP contribution is 2.30. The molecule has 0 bridgehead atoms. The van der Waals surface area contributed by atoms with Crippen molar-refractivity contribution < 1.29 is 64.6 Å². The number of nitrogens with one attached hydrogen (secondary N) is 1. The molecule has 2 saturated heterocycles. The van der Waals surface area contributed by atoms with E-state index >= 15 is 0 Å². The van der Waals surface area contributed by atoms with Crippen LogP contribution in [0.4, 0.5) is 0 Å². The molecule has 1 amide bonds. The van der Waals surface area contributed by atoms with Gasteiger partial charge in [0.25, 0.3) is 0 Å². The Balaban J connectivity index is 1.69. The van der Waals surface area contributed by atoms with E-state index in [0.29, 0.717) is 12.8 Å². The van der Waals surface area contributed by atoms with Crippen molar-refractivity contribution in [2.45, 2.75) is 338 Å². The van der Waals surface area contributed by atoms with Gasteiger partial charge in [-0.2, -0.15) is 0 Å². The molecule has 9 N–H and O–H groups in total. The van der Waals surface area contributed by atoms with E-state index in [0.717, 1.165) is 44.9 Å². The highest BCUT2D eigenvalue weighted by molar-refractivity contribution is 5.76. The van der Waals surface area contributed by atoms with Crippen LogP contribution in [0.1, 0.15) is 264 Å². The molecular formula is C65H119NO13. The largest absolute Gasteiger partial charge is 0.394 e. The number of carbonyl (C=O) groups excluding carboxylic acids is 1. The molecule has 2 aliphatic rings. The van der Waals surface area contributed by atoms with Crippen LogP contribution in [-0.2, 0) is 23.7 Å². The zero-order chi connectivity index (χ0) is 57.4. The van der Waals surface area contributed by atoms with Gasteiger partial charge in [0, 0.05) is 6.42 Å². The predicted molar refractivity (Wildman–Crippen MR) is 318 cm³/mol. The Labute approximate surface area is 480 Å². The average molecular weight is 1120 g/mol. The number of ether oxygens (including phenoxy) is 4. The number of hydrogen-bond acceptors (Lipinski definition) is 13. The second-order valence-electron chi connectivity index (χ2n) is 22.9. The lowest BCUT2D eigenvalue weighted by Gasteiger charge is -2.46. The van der Waals surface area contributed by atoms with E-state index in [1.165, 1.54) is 186 Å². The van der Waals surface area contributed by atoms with Crippen LogP contribution in [0.25, 0.3) is 0 Å². The summed E-state index contributed by atoms with van der Waals surface area (Å²) in [5.41, 5.74) is 0. The molecule has 0 aliphatic carbocycles. The maximum absolute atomic E-state index is 13.3. The molecule has 12 atom stereocenters. The Morgan fingerprint density at radius 1 is 0.443 bits per heavy atom. The van der Waals surface area contributed by atoms with Crippen LogP contribution in [0.5, 0.6) is 0 Å². The molecular weight excluding hydrogens is 1000 g/mol. The molecule has 2 heterocycles. The van der Waals surface area contributed by atoms with Crippen LogP contribution in [0.3, 0.4) is 0 Å². The molecule has 14 heteroatoms. The quantitative estimate of drug-likeness (QED) is 0.0204. The first-order chi connectivity index (χ1) is 38.6. The molecule has 0 aromatic carbocycles. The molecule has 0 spiro atoms. The second kappa shape index (κ2) is 50.5. The van der Waals surface area contributed by atoms with Gasteiger partial charge in [0.2, 0.25) is 5.91 Å². The lowest BCUT2D eigenvalue weighted by atomic mass is 9.97. The summed E-state index contributed by atoms with van der Waals surface area (Å²) in [6, 6.07) is -0.937. The van der Waals surface area contributed by atoms with Gasteiger partial charge >= 0.3 is 0 Å². The highest BCUT2D eigenvalue weighted by atomic mass is 16.7. The van der Waals surface area contributed by atoms with E-state index < -0.39 is 86.8 Å². The molecule has 462 valence electrons. The van der Waals surface area contributed by atoms with Crippen LogP contribution in [-0.4, -0.2) is 140 Å². The number of hydrogen-bond donors (Lipinski definition) is 9. The number of unbranched alkanes of at least 4 members (excludes halogenated alkanes) is 33. The molecule has 0 saturated carbocycles. The van der Waals surface area contributed by atoms with Gasteiger partial charge in [0.15, 0.2) is 12.6 Å². The molecule has 14 nitrogen and oxygen atoms in total. The maximum atomic E-state index is 13.3. The monoisotopic (exact) mass is 1120 g/mol. The average Bonchev–Trinajstić information content (AvgIpc) is 3.47. The lowest BCUT2D eigenvalue weighted by Crippen LogP contribution is -2.65. The first-order valence-electron chi connectivity index (χ1n) is 32.4. The number of amides is 1. The first kappa shape index (κ1) is 73.1. The van der Waals surface area contributed by atoms with E-state index in [-0.39, 0.29) is 18.9 Å². The highest BCUT2D eigenvalue weighted by Gasteiger charge is 2.51. The maximum Gasteiger partial charge on any atom is 0.220 e. The Bertz CT molecular complexity index is 1510. The lowest BCUT2D eigenvalue weighted by molar-refractivity contribution is -0.359. The molecule has 2 rings (SSSR count). The number of carbonyl (C=O) groups is 1. The fourth-order valence-electron chi connectivity index (χ4n) is 10.5. The molecule has 12 unspecified atom stereocenters. The summed E-state index contributed by atoms with van der Waals surface area (Å²) >= 11 is 0. The number of aliphatic hydroxyl groups excluding tert-OH is 8. The minimum Gasteiger partial charge on any atom is -0.394 e. The topological polar surface area (TPSA) is 228 Å². The molecule has 0 aromatic heterocycles. The van der Waals surface area contributed by atoms with Gasteiger partial charge < -0.3 is 65.1 Å². The van der Waals surface area contributed by atoms with Crippen molar-refractivity contribution in [1.29, 1.82) is 0 Å². The van der Waals surface area contributed by atoms with Crippen molar-refractivity contribution in [3.8, 4) is 0 Å². The number of aliphatic hydroxyl groups is 8. The summed E-state index contributed by atoms with van der Waals surface area (Å²) in [6.45, 7) is 2.78. The fraction of sp³-hybridized carbons (Fsp3) is 0.862. The number of allylic oxidation sites excluding steroid dienone is 7. The normalized spacial score (nSPS) is 24.7. The Morgan fingerprint density at radius 3 is 1.24 bits per heavy atom. The predicted octanol–water partition coefficient (Wildman–Crippen LogP) is 12.0. The standard InChI is InChI=1S/C65H119NO13/c1-3-5-7-9-11-13-15-17-19-21-22-23-24-25-26-27-28-29-30-31-32-33-35-37-39-41-43-45-47-49-57(70)66-53(54(69)48-46-44-42-40-38-36-34-20-18-16-14-12-10-8-6-4-2)52-76-64-62(75)60(73)63(56(51-68)78-64)79-65-61(74)59(72)58(71)55(50-67)77-65/h18,20-22,38,40,46,48,53-56,58-65,67-69,71-75H,3-17,19,23-37,39,41-45,47,49-52H2,1-2H3,(H,66,70)/b20-18+,22-21-,40-38+,48-46+. The van der Waals surface area contributed by atoms with E-state index in [1.807, 2.05) is 6.08 Å². The van der Waals surface area contributed by atoms with Crippen molar-refractivity contribution in [2.75, 3.05) is 19.8 Å². The van der Waals surface area contributed by atoms with Gasteiger partial charge in [0.1, 0.15) is 48.8 Å². The minimum atomic E-state index is -1.79. The van der Waals surface area contributed by atoms with Gasteiger partial charge in [-0.1, -0.05) is 236 Å².